The van der Waals surface area contributed by atoms with Crippen LogP contribution in [0.1, 0.15) is 27.3 Å². The van der Waals surface area contributed by atoms with Crippen molar-refractivity contribution in [2.75, 3.05) is 6.26 Å². The van der Waals surface area contributed by atoms with E-state index < -0.39 is 9.84 Å². The molecule has 0 fully saturated rings. The lowest BCUT2D eigenvalue weighted by Crippen LogP contribution is -2.25. The highest BCUT2D eigenvalue weighted by Crippen LogP contribution is 2.14. The van der Waals surface area contributed by atoms with E-state index in [1.807, 2.05) is 25.3 Å². The lowest BCUT2D eigenvalue weighted by Gasteiger charge is -2.07. The van der Waals surface area contributed by atoms with Crippen LogP contribution in [0, 0.1) is 13.8 Å². The molecule has 0 unspecified atom stereocenters. The number of pyridine rings is 1. The van der Waals surface area contributed by atoms with Gasteiger partial charge in [0.15, 0.2) is 9.84 Å². The molecule has 0 aliphatic heterocycles. The summed E-state index contributed by atoms with van der Waals surface area (Å²) in [6, 6.07) is 10.3. The third kappa shape index (κ3) is 3.56. The van der Waals surface area contributed by atoms with Crippen LogP contribution < -0.4 is 5.32 Å². The van der Waals surface area contributed by atoms with E-state index in [-0.39, 0.29) is 10.8 Å². The Labute approximate surface area is 146 Å². The fourth-order valence-corrected chi connectivity index (χ4v) is 3.29. The Morgan fingerprint density at radius 3 is 2.48 bits per heavy atom. The number of nitrogens with zero attached hydrogens (tertiary/aromatic N) is 2. The molecule has 2 aromatic heterocycles. The van der Waals surface area contributed by atoms with Crippen molar-refractivity contribution in [3.63, 3.8) is 0 Å². The number of amides is 1. The summed E-state index contributed by atoms with van der Waals surface area (Å²) in [5.74, 6) is -0.221. The SMILES string of the molecule is Cc1ccn2c(C(=O)NCc3ccc(S(C)(=O)=O)cc3)c(C)nc2c1. The average Bonchev–Trinajstić information content (AvgIpc) is 2.87. The Balaban J connectivity index is 1.78. The lowest BCUT2D eigenvalue weighted by molar-refractivity contribution is 0.0944. The molecule has 1 N–H and O–H groups in total. The van der Waals surface area contributed by atoms with Gasteiger partial charge in [0.1, 0.15) is 11.3 Å². The maximum Gasteiger partial charge on any atom is 0.270 e. The summed E-state index contributed by atoms with van der Waals surface area (Å²) >= 11 is 0. The molecule has 0 radical (unpaired) electrons. The van der Waals surface area contributed by atoms with Crippen molar-refractivity contribution in [3.8, 4) is 0 Å². The second kappa shape index (κ2) is 6.33. The van der Waals surface area contributed by atoms with Gasteiger partial charge < -0.3 is 5.32 Å². The highest BCUT2D eigenvalue weighted by atomic mass is 32.2. The number of carbonyl (C=O) groups excluding carboxylic acids is 1. The summed E-state index contributed by atoms with van der Waals surface area (Å²) in [6.45, 7) is 4.09. The fourth-order valence-electron chi connectivity index (χ4n) is 2.66. The van der Waals surface area contributed by atoms with Crippen LogP contribution in [-0.4, -0.2) is 30.0 Å². The van der Waals surface area contributed by atoms with E-state index in [0.717, 1.165) is 16.8 Å². The maximum atomic E-state index is 12.6. The zero-order valence-corrected chi connectivity index (χ0v) is 15.1. The lowest BCUT2D eigenvalue weighted by atomic mass is 10.2. The first-order chi connectivity index (χ1) is 11.8. The Kier molecular flexibility index (Phi) is 4.34. The van der Waals surface area contributed by atoms with Gasteiger partial charge in [-0.05, 0) is 49.2 Å². The van der Waals surface area contributed by atoms with Crippen molar-refractivity contribution in [2.24, 2.45) is 0 Å². The van der Waals surface area contributed by atoms with Crippen LogP contribution >= 0.6 is 0 Å². The van der Waals surface area contributed by atoms with Crippen molar-refractivity contribution in [3.05, 3.63) is 65.1 Å². The monoisotopic (exact) mass is 357 g/mol. The number of carbonyl (C=O) groups is 1. The minimum absolute atomic E-state index is 0.221. The number of aryl methyl sites for hydroxylation is 2. The van der Waals surface area contributed by atoms with Gasteiger partial charge in [-0.1, -0.05) is 12.1 Å². The third-order valence-electron chi connectivity index (χ3n) is 3.98. The van der Waals surface area contributed by atoms with Crippen LogP contribution in [0.25, 0.3) is 5.65 Å². The predicted molar refractivity (Wildman–Crippen MR) is 95.4 cm³/mol. The van der Waals surface area contributed by atoms with Gasteiger partial charge in [0.05, 0.1) is 10.6 Å². The molecule has 1 aromatic carbocycles. The first kappa shape index (κ1) is 17.2. The molecule has 130 valence electrons. The zero-order valence-electron chi connectivity index (χ0n) is 14.3. The fraction of sp³-hybridized carbons (Fsp3) is 0.222. The quantitative estimate of drug-likeness (QED) is 0.777. The highest BCUT2D eigenvalue weighted by molar-refractivity contribution is 7.90. The van der Waals surface area contributed by atoms with Crippen LogP contribution in [0.15, 0.2) is 47.5 Å². The molecule has 0 aliphatic rings. The zero-order chi connectivity index (χ0) is 18.2. The smallest absolute Gasteiger partial charge is 0.270 e. The van der Waals surface area contributed by atoms with Crippen LogP contribution in [-0.2, 0) is 16.4 Å². The molecule has 0 aliphatic carbocycles. The minimum Gasteiger partial charge on any atom is -0.347 e. The topological polar surface area (TPSA) is 80.5 Å². The van der Waals surface area contributed by atoms with Gasteiger partial charge in [0.2, 0.25) is 0 Å². The van der Waals surface area contributed by atoms with Crippen LogP contribution in [0.2, 0.25) is 0 Å². The van der Waals surface area contributed by atoms with Gasteiger partial charge in [-0.3, -0.25) is 9.20 Å². The molecule has 2 heterocycles. The van der Waals surface area contributed by atoms with E-state index >= 15 is 0 Å². The van der Waals surface area contributed by atoms with Crippen LogP contribution in [0.4, 0.5) is 0 Å². The van der Waals surface area contributed by atoms with Crippen LogP contribution in [0.3, 0.4) is 0 Å². The van der Waals surface area contributed by atoms with Crippen molar-refractivity contribution >= 4 is 21.4 Å². The Hall–Kier alpha value is -2.67. The van der Waals surface area contributed by atoms with Gasteiger partial charge in [-0.2, -0.15) is 0 Å². The molecule has 0 saturated carbocycles. The van der Waals surface area contributed by atoms with E-state index in [0.29, 0.717) is 17.9 Å². The molecule has 0 atom stereocenters. The van der Waals surface area contributed by atoms with Gasteiger partial charge >= 0.3 is 0 Å². The van der Waals surface area contributed by atoms with Crippen molar-refractivity contribution in [2.45, 2.75) is 25.3 Å². The molecular formula is C18H19N3O3S. The number of imidazole rings is 1. The summed E-state index contributed by atoms with van der Waals surface area (Å²) < 4.78 is 24.7. The number of sulfone groups is 1. The summed E-state index contributed by atoms with van der Waals surface area (Å²) in [4.78, 5) is 17.2. The molecule has 0 spiro atoms. The van der Waals surface area contributed by atoms with Gasteiger partial charge in [0, 0.05) is 19.0 Å². The molecule has 7 heteroatoms. The summed E-state index contributed by atoms with van der Waals surface area (Å²) in [7, 11) is -3.22. The van der Waals surface area contributed by atoms with Gasteiger partial charge in [0.25, 0.3) is 5.91 Å². The highest BCUT2D eigenvalue weighted by Gasteiger charge is 2.16. The molecule has 3 rings (SSSR count). The van der Waals surface area contributed by atoms with E-state index in [1.165, 1.54) is 6.26 Å². The molecule has 3 aromatic rings. The number of nitrogens with one attached hydrogen (secondary N) is 1. The Morgan fingerprint density at radius 2 is 1.84 bits per heavy atom. The van der Waals surface area contributed by atoms with E-state index in [1.54, 1.807) is 35.6 Å². The molecular weight excluding hydrogens is 338 g/mol. The summed E-state index contributed by atoms with van der Waals surface area (Å²) in [5, 5.41) is 2.86. The second-order valence-corrected chi connectivity index (χ2v) is 8.09. The first-order valence-corrected chi connectivity index (χ1v) is 9.67. The second-order valence-electron chi connectivity index (χ2n) is 6.08. The van der Waals surface area contributed by atoms with E-state index in [2.05, 4.69) is 10.3 Å². The molecule has 1 amide bonds. The molecule has 0 bridgehead atoms. The number of benzene rings is 1. The molecule has 6 nitrogen and oxygen atoms in total. The minimum atomic E-state index is -3.22. The van der Waals surface area contributed by atoms with Gasteiger partial charge in [-0.15, -0.1) is 0 Å². The van der Waals surface area contributed by atoms with Crippen LogP contribution in [0.5, 0.6) is 0 Å². The Bertz CT molecular complexity index is 1050. The van der Waals surface area contributed by atoms with E-state index in [4.69, 9.17) is 0 Å². The summed E-state index contributed by atoms with van der Waals surface area (Å²) in [5.41, 5.74) is 3.80. The number of fused-ring (bicyclic) bond motifs is 1. The summed E-state index contributed by atoms with van der Waals surface area (Å²) in [6.07, 6.45) is 3.00. The normalized spacial score (nSPS) is 11.6. The van der Waals surface area contributed by atoms with Gasteiger partial charge in [-0.25, -0.2) is 13.4 Å². The first-order valence-electron chi connectivity index (χ1n) is 7.78. The maximum absolute atomic E-state index is 12.6. The largest absolute Gasteiger partial charge is 0.347 e. The predicted octanol–water partition coefficient (Wildman–Crippen LogP) is 2.28. The number of rotatable bonds is 4. The standard InChI is InChI=1S/C18H19N3O3S/c1-12-8-9-21-16(10-12)20-13(2)17(21)18(22)19-11-14-4-6-15(7-5-14)25(3,23)24/h4-10H,11H2,1-3H3,(H,19,22). The van der Waals surface area contributed by atoms with Crippen molar-refractivity contribution in [1.29, 1.82) is 0 Å². The van der Waals surface area contributed by atoms with Crippen molar-refractivity contribution in [1.82, 2.24) is 14.7 Å². The number of aromatic nitrogens is 2. The number of hydrogen-bond donors (Lipinski definition) is 1. The average molecular weight is 357 g/mol. The van der Waals surface area contributed by atoms with E-state index in [9.17, 15) is 13.2 Å². The number of hydrogen-bond acceptors (Lipinski definition) is 4. The molecule has 25 heavy (non-hydrogen) atoms. The molecule has 0 saturated heterocycles. The van der Waals surface area contributed by atoms with Crippen molar-refractivity contribution < 1.29 is 13.2 Å². The Morgan fingerprint density at radius 1 is 1.16 bits per heavy atom. The third-order valence-corrected chi connectivity index (χ3v) is 5.10.